The molecule has 1 amide bonds. The Labute approximate surface area is 185 Å². The number of halogens is 1. The van der Waals surface area contributed by atoms with Crippen molar-refractivity contribution in [1.29, 1.82) is 0 Å². The van der Waals surface area contributed by atoms with E-state index in [9.17, 15) is 4.79 Å². The molecule has 1 aliphatic carbocycles. The highest BCUT2D eigenvalue weighted by atomic mass is 35.5. The first-order valence-corrected chi connectivity index (χ1v) is 11.5. The summed E-state index contributed by atoms with van der Waals surface area (Å²) < 4.78 is 7.76. The van der Waals surface area contributed by atoms with Gasteiger partial charge in [0.05, 0.1) is 17.3 Å². The Balaban J connectivity index is 1.51. The van der Waals surface area contributed by atoms with Gasteiger partial charge in [0.2, 0.25) is 5.91 Å². The average Bonchev–Trinajstić information content (AvgIpc) is 3.47. The van der Waals surface area contributed by atoms with E-state index in [0.29, 0.717) is 23.4 Å². The van der Waals surface area contributed by atoms with Crippen LogP contribution in [0.4, 0.5) is 0 Å². The minimum absolute atomic E-state index is 0.0225. The molecule has 0 radical (unpaired) electrons. The Bertz CT molecular complexity index is 1030. The van der Waals surface area contributed by atoms with Crippen LogP contribution < -0.4 is 0 Å². The molecule has 0 unspecified atom stereocenters. The summed E-state index contributed by atoms with van der Waals surface area (Å²) >= 11 is 7.87. The first kappa shape index (κ1) is 21.0. The van der Waals surface area contributed by atoms with Gasteiger partial charge in [0, 0.05) is 18.7 Å². The molecule has 0 bridgehead atoms. The van der Waals surface area contributed by atoms with Gasteiger partial charge in [-0.3, -0.25) is 9.36 Å². The van der Waals surface area contributed by atoms with E-state index in [0.717, 1.165) is 40.9 Å². The van der Waals surface area contributed by atoms with Gasteiger partial charge in [-0.2, -0.15) is 0 Å². The topological polar surface area (TPSA) is 64.2 Å². The van der Waals surface area contributed by atoms with Crippen LogP contribution in [0, 0.1) is 6.92 Å². The van der Waals surface area contributed by atoms with Crippen molar-refractivity contribution in [2.45, 2.75) is 50.4 Å². The van der Waals surface area contributed by atoms with E-state index in [4.69, 9.17) is 16.0 Å². The summed E-state index contributed by atoms with van der Waals surface area (Å²) in [6.07, 6.45) is 4.57. The third kappa shape index (κ3) is 4.57. The lowest BCUT2D eigenvalue weighted by molar-refractivity contribution is -0.127. The molecule has 2 heterocycles. The lowest BCUT2D eigenvalue weighted by atomic mass is 10.2. The van der Waals surface area contributed by atoms with Crippen LogP contribution in [0.15, 0.2) is 46.0 Å². The molecule has 0 aliphatic heterocycles. The number of benzene rings is 1. The molecule has 30 heavy (non-hydrogen) atoms. The van der Waals surface area contributed by atoms with E-state index in [2.05, 4.69) is 14.8 Å². The van der Waals surface area contributed by atoms with Crippen LogP contribution >= 0.6 is 23.4 Å². The molecule has 4 rings (SSSR count). The predicted molar refractivity (Wildman–Crippen MR) is 119 cm³/mol. The van der Waals surface area contributed by atoms with Gasteiger partial charge in [0.25, 0.3) is 0 Å². The van der Waals surface area contributed by atoms with Crippen LogP contribution in [0.25, 0.3) is 11.4 Å². The molecule has 1 saturated carbocycles. The molecule has 0 atom stereocenters. The first-order valence-electron chi connectivity index (χ1n) is 10.1. The van der Waals surface area contributed by atoms with Crippen molar-refractivity contribution in [3.8, 4) is 11.4 Å². The highest BCUT2D eigenvalue weighted by molar-refractivity contribution is 7.99. The van der Waals surface area contributed by atoms with Gasteiger partial charge >= 0.3 is 0 Å². The van der Waals surface area contributed by atoms with Crippen molar-refractivity contribution in [2.24, 2.45) is 0 Å². The number of carbonyl (C=O) groups excluding carboxylic acids is 1. The standard InChI is InChI=1S/C22H25ClN4O2S/c1-15-11-12-17(29-15)13-26(2)20(28)14-30-22-25-24-21(18-9-5-6-10-19(18)23)27(22)16-7-3-4-8-16/h5-6,9-12,16H,3-4,7-8,13-14H2,1-2H3. The number of thioether (sulfide) groups is 1. The third-order valence-corrected chi connectivity index (χ3v) is 6.67. The molecule has 1 aliphatic rings. The number of furan rings is 1. The molecule has 8 heteroatoms. The second-order valence-electron chi connectivity index (χ2n) is 7.65. The van der Waals surface area contributed by atoms with Gasteiger partial charge in [-0.1, -0.05) is 48.3 Å². The van der Waals surface area contributed by atoms with E-state index < -0.39 is 0 Å². The molecule has 1 aromatic carbocycles. The fourth-order valence-corrected chi connectivity index (χ4v) is 4.99. The maximum atomic E-state index is 12.7. The predicted octanol–water partition coefficient (Wildman–Crippen LogP) is 5.37. The van der Waals surface area contributed by atoms with Crippen LogP contribution in [0.1, 0.15) is 43.2 Å². The number of hydrogen-bond acceptors (Lipinski definition) is 5. The van der Waals surface area contributed by atoms with Crippen molar-refractivity contribution in [3.05, 3.63) is 52.9 Å². The van der Waals surface area contributed by atoms with E-state index in [-0.39, 0.29) is 5.91 Å². The van der Waals surface area contributed by atoms with Crippen molar-refractivity contribution in [1.82, 2.24) is 19.7 Å². The van der Waals surface area contributed by atoms with Crippen LogP contribution in [-0.4, -0.2) is 38.4 Å². The molecule has 158 valence electrons. The van der Waals surface area contributed by atoms with Gasteiger partial charge < -0.3 is 9.32 Å². The zero-order valence-electron chi connectivity index (χ0n) is 17.2. The summed E-state index contributed by atoms with van der Waals surface area (Å²) in [5, 5.41) is 10.3. The third-order valence-electron chi connectivity index (χ3n) is 5.41. The molecular weight excluding hydrogens is 420 g/mol. The lowest BCUT2D eigenvalue weighted by Gasteiger charge is -2.18. The summed E-state index contributed by atoms with van der Waals surface area (Å²) in [5.74, 6) is 2.72. The van der Waals surface area contributed by atoms with Gasteiger partial charge in [0.1, 0.15) is 11.5 Å². The Morgan fingerprint density at radius 2 is 2.00 bits per heavy atom. The number of hydrogen-bond donors (Lipinski definition) is 0. The monoisotopic (exact) mass is 444 g/mol. The molecule has 2 aromatic heterocycles. The second-order valence-corrected chi connectivity index (χ2v) is 8.99. The fraction of sp³-hybridized carbons (Fsp3) is 0.409. The molecule has 1 fully saturated rings. The SMILES string of the molecule is Cc1ccc(CN(C)C(=O)CSc2nnc(-c3ccccc3Cl)n2C2CCCC2)o1. The number of amides is 1. The van der Waals surface area contributed by atoms with Gasteiger partial charge in [-0.05, 0) is 44.0 Å². The summed E-state index contributed by atoms with van der Waals surface area (Å²) in [5.41, 5.74) is 0.877. The van der Waals surface area contributed by atoms with Gasteiger partial charge in [0.15, 0.2) is 11.0 Å². The first-order chi connectivity index (χ1) is 14.5. The highest BCUT2D eigenvalue weighted by Crippen LogP contribution is 2.38. The average molecular weight is 445 g/mol. The maximum absolute atomic E-state index is 12.7. The van der Waals surface area contributed by atoms with Crippen LogP contribution in [0.2, 0.25) is 5.02 Å². The molecule has 6 nitrogen and oxygen atoms in total. The van der Waals surface area contributed by atoms with E-state index >= 15 is 0 Å². The minimum Gasteiger partial charge on any atom is -0.464 e. The van der Waals surface area contributed by atoms with E-state index in [1.54, 1.807) is 11.9 Å². The minimum atomic E-state index is 0.0225. The number of nitrogens with zero attached hydrogens (tertiary/aromatic N) is 4. The highest BCUT2D eigenvalue weighted by Gasteiger charge is 2.26. The maximum Gasteiger partial charge on any atom is 0.233 e. The molecule has 0 spiro atoms. The summed E-state index contributed by atoms with van der Waals surface area (Å²) in [6, 6.07) is 11.8. The van der Waals surface area contributed by atoms with Crippen molar-refractivity contribution >= 4 is 29.3 Å². The molecule has 0 saturated heterocycles. The number of aryl methyl sites for hydroxylation is 1. The Kier molecular flexibility index (Phi) is 6.49. The Hall–Kier alpha value is -2.25. The van der Waals surface area contributed by atoms with Crippen LogP contribution in [0.5, 0.6) is 0 Å². The van der Waals surface area contributed by atoms with Crippen molar-refractivity contribution in [3.63, 3.8) is 0 Å². The normalized spacial score (nSPS) is 14.4. The van der Waals surface area contributed by atoms with Gasteiger partial charge in [-0.25, -0.2) is 0 Å². The van der Waals surface area contributed by atoms with Crippen molar-refractivity contribution in [2.75, 3.05) is 12.8 Å². The van der Waals surface area contributed by atoms with Crippen molar-refractivity contribution < 1.29 is 9.21 Å². The van der Waals surface area contributed by atoms with Crippen LogP contribution in [-0.2, 0) is 11.3 Å². The Morgan fingerprint density at radius 3 is 2.70 bits per heavy atom. The Morgan fingerprint density at radius 1 is 1.23 bits per heavy atom. The summed E-state index contributed by atoms with van der Waals surface area (Å²) in [7, 11) is 1.79. The van der Waals surface area contributed by atoms with Gasteiger partial charge in [-0.15, -0.1) is 10.2 Å². The molecule has 0 N–H and O–H groups in total. The second kappa shape index (κ2) is 9.27. The smallest absolute Gasteiger partial charge is 0.233 e. The largest absolute Gasteiger partial charge is 0.464 e. The number of aromatic nitrogens is 3. The summed E-state index contributed by atoms with van der Waals surface area (Å²) in [4.78, 5) is 14.4. The molecular formula is C22H25ClN4O2S. The zero-order valence-corrected chi connectivity index (χ0v) is 18.7. The fourth-order valence-electron chi connectivity index (χ4n) is 3.82. The summed E-state index contributed by atoms with van der Waals surface area (Å²) in [6.45, 7) is 2.35. The zero-order chi connectivity index (χ0) is 21.1. The van der Waals surface area contributed by atoms with E-state index in [1.165, 1.54) is 24.6 Å². The number of rotatable bonds is 7. The lowest BCUT2D eigenvalue weighted by Crippen LogP contribution is -2.27. The quantitative estimate of drug-likeness (QED) is 0.458. The molecule has 3 aromatic rings. The van der Waals surface area contributed by atoms with E-state index in [1.807, 2.05) is 43.3 Å². The van der Waals surface area contributed by atoms with Crippen LogP contribution in [0.3, 0.4) is 0 Å². The number of carbonyl (C=O) groups is 1.